The summed E-state index contributed by atoms with van der Waals surface area (Å²) in [5.41, 5.74) is 6.80. The Morgan fingerprint density at radius 3 is 2.74 bits per heavy atom. The van der Waals surface area contributed by atoms with Crippen molar-refractivity contribution in [2.75, 3.05) is 38.3 Å². The van der Waals surface area contributed by atoms with E-state index in [1.807, 2.05) is 13.0 Å². The third-order valence-electron chi connectivity index (χ3n) is 7.06. The maximum absolute atomic E-state index is 12.9. The number of rotatable bonds is 6. The first-order valence-electron chi connectivity index (χ1n) is 11.6. The number of ether oxygens (including phenoxy) is 2. The molecule has 0 amide bonds. The lowest BCUT2D eigenvalue weighted by Gasteiger charge is -2.41. The van der Waals surface area contributed by atoms with Gasteiger partial charge in [0, 0.05) is 36.6 Å². The van der Waals surface area contributed by atoms with Crippen LogP contribution in [0.25, 0.3) is 10.9 Å². The van der Waals surface area contributed by atoms with Crippen LogP contribution in [0.2, 0.25) is 5.02 Å². The summed E-state index contributed by atoms with van der Waals surface area (Å²) in [6, 6.07) is 3.67. The number of hydrogen-bond donors (Lipinski definition) is 1. The number of aromatic nitrogens is 5. The molecule has 186 valence electrons. The van der Waals surface area contributed by atoms with Crippen molar-refractivity contribution in [3.8, 4) is 0 Å². The third-order valence-corrected chi connectivity index (χ3v) is 8.52. The van der Waals surface area contributed by atoms with Gasteiger partial charge in [0.25, 0.3) is 5.56 Å². The molecule has 0 aliphatic carbocycles. The lowest BCUT2D eigenvalue weighted by molar-refractivity contribution is 0.0973. The quantitative estimate of drug-likeness (QED) is 0.521. The Bertz CT molecular complexity index is 1260. The van der Waals surface area contributed by atoms with Gasteiger partial charge < -0.3 is 20.1 Å². The third kappa shape index (κ3) is 4.63. The minimum absolute atomic E-state index is 0.0446. The van der Waals surface area contributed by atoms with E-state index in [9.17, 15) is 4.79 Å². The van der Waals surface area contributed by atoms with E-state index in [2.05, 4.69) is 25.1 Å². The van der Waals surface area contributed by atoms with E-state index in [1.54, 1.807) is 19.4 Å². The summed E-state index contributed by atoms with van der Waals surface area (Å²) in [5, 5.41) is 10.0. The molecule has 5 rings (SSSR count). The predicted octanol–water partition coefficient (Wildman–Crippen LogP) is 2.37. The number of fused-ring (bicyclic) bond motifs is 1. The maximum atomic E-state index is 12.9. The molecule has 4 heterocycles. The Labute approximate surface area is 212 Å². The fraction of sp³-hybridized carbons (Fsp3) is 0.522. The molecule has 0 saturated carbocycles. The van der Waals surface area contributed by atoms with Crippen molar-refractivity contribution in [3.05, 3.63) is 40.0 Å². The molecule has 12 heteroatoms. The zero-order valence-corrected chi connectivity index (χ0v) is 21.3. The molecule has 2 atom stereocenters. The van der Waals surface area contributed by atoms with E-state index in [4.69, 9.17) is 26.8 Å². The molecular formula is C23H28ClN7O3S. The number of nitrogens with two attached hydrogens (primary N) is 1. The lowest BCUT2D eigenvalue weighted by atomic mass is 9.73. The van der Waals surface area contributed by atoms with Crippen molar-refractivity contribution in [2.45, 2.75) is 48.4 Å². The van der Waals surface area contributed by atoms with Crippen molar-refractivity contribution < 1.29 is 9.47 Å². The molecule has 2 aromatic heterocycles. The molecule has 2 aliphatic rings. The van der Waals surface area contributed by atoms with E-state index < -0.39 is 0 Å². The summed E-state index contributed by atoms with van der Waals surface area (Å²) >= 11 is 7.95. The van der Waals surface area contributed by atoms with Crippen LogP contribution in [0.3, 0.4) is 0 Å². The van der Waals surface area contributed by atoms with E-state index in [1.165, 1.54) is 22.7 Å². The van der Waals surface area contributed by atoms with Gasteiger partial charge in [-0.3, -0.25) is 9.36 Å². The monoisotopic (exact) mass is 517 g/mol. The average Bonchev–Trinajstić information content (AvgIpc) is 3.14. The fourth-order valence-electron chi connectivity index (χ4n) is 4.80. The van der Waals surface area contributed by atoms with Gasteiger partial charge in [-0.1, -0.05) is 23.4 Å². The summed E-state index contributed by atoms with van der Waals surface area (Å²) in [7, 11) is 1.59. The number of piperidine rings is 1. The Kier molecular flexibility index (Phi) is 6.95. The van der Waals surface area contributed by atoms with Crippen molar-refractivity contribution in [3.63, 3.8) is 0 Å². The van der Waals surface area contributed by atoms with Gasteiger partial charge in [-0.25, -0.2) is 9.97 Å². The Balaban J connectivity index is 1.30. The van der Waals surface area contributed by atoms with E-state index in [0.29, 0.717) is 44.9 Å². The van der Waals surface area contributed by atoms with Gasteiger partial charge in [0.05, 0.1) is 54.3 Å². The normalized spacial score (nSPS) is 21.8. The molecule has 35 heavy (non-hydrogen) atoms. The molecule has 10 nitrogen and oxygen atoms in total. The van der Waals surface area contributed by atoms with Crippen LogP contribution < -0.4 is 16.2 Å². The van der Waals surface area contributed by atoms with E-state index in [-0.39, 0.29) is 23.1 Å². The maximum Gasteiger partial charge on any atom is 0.262 e. The first-order chi connectivity index (χ1) is 16.9. The second kappa shape index (κ2) is 9.98. The highest BCUT2D eigenvalue weighted by atomic mass is 35.5. The van der Waals surface area contributed by atoms with Crippen molar-refractivity contribution >= 4 is 40.2 Å². The van der Waals surface area contributed by atoms with Gasteiger partial charge in [0.2, 0.25) is 5.95 Å². The predicted molar refractivity (Wildman–Crippen MR) is 134 cm³/mol. The van der Waals surface area contributed by atoms with Crippen LogP contribution in [-0.4, -0.2) is 70.3 Å². The van der Waals surface area contributed by atoms with Crippen molar-refractivity contribution in [1.82, 2.24) is 24.7 Å². The summed E-state index contributed by atoms with van der Waals surface area (Å²) < 4.78 is 12.4. The number of halogens is 1. The molecule has 0 bridgehead atoms. The highest BCUT2D eigenvalue weighted by molar-refractivity contribution is 7.99. The van der Waals surface area contributed by atoms with Gasteiger partial charge in [-0.05, 0) is 31.9 Å². The number of nitrogens with zero attached hydrogens (tertiary/aromatic N) is 6. The zero-order valence-electron chi connectivity index (χ0n) is 19.7. The van der Waals surface area contributed by atoms with Crippen LogP contribution in [0.5, 0.6) is 0 Å². The summed E-state index contributed by atoms with van der Waals surface area (Å²) in [6.07, 6.45) is 5.19. The first kappa shape index (κ1) is 24.4. The molecule has 1 aromatic carbocycles. The fourth-order valence-corrected chi connectivity index (χ4v) is 5.90. The van der Waals surface area contributed by atoms with Gasteiger partial charge in [-0.2, -0.15) is 0 Å². The van der Waals surface area contributed by atoms with Gasteiger partial charge >= 0.3 is 0 Å². The molecular weight excluding hydrogens is 490 g/mol. The molecule has 2 aliphatic heterocycles. The highest BCUT2D eigenvalue weighted by Crippen LogP contribution is 2.41. The molecule has 2 fully saturated rings. The zero-order chi connectivity index (χ0) is 24.6. The molecule has 0 radical (unpaired) electrons. The molecule has 2 N–H and O–H groups in total. The number of methoxy groups -OCH3 is 1. The second-order valence-electron chi connectivity index (χ2n) is 9.10. The Hall–Kier alpha value is -2.31. The minimum Gasteiger partial charge on any atom is -0.383 e. The molecule has 0 unspecified atom stereocenters. The molecule has 1 spiro atoms. The smallest absolute Gasteiger partial charge is 0.262 e. The summed E-state index contributed by atoms with van der Waals surface area (Å²) in [5.74, 6) is 0.597. The number of hydrogen-bond acceptors (Lipinski definition) is 10. The summed E-state index contributed by atoms with van der Waals surface area (Å²) in [4.78, 5) is 24.6. The highest BCUT2D eigenvalue weighted by Gasteiger charge is 2.47. The number of benzene rings is 1. The summed E-state index contributed by atoms with van der Waals surface area (Å²) in [6.45, 7) is 5.21. The lowest BCUT2D eigenvalue weighted by Crippen LogP contribution is -2.51. The van der Waals surface area contributed by atoms with Gasteiger partial charge in [0.1, 0.15) is 5.03 Å². The van der Waals surface area contributed by atoms with Crippen LogP contribution in [0.1, 0.15) is 19.8 Å². The average molecular weight is 518 g/mol. The van der Waals surface area contributed by atoms with Gasteiger partial charge in [0.15, 0.2) is 0 Å². The van der Waals surface area contributed by atoms with Crippen LogP contribution in [0.4, 0.5) is 5.95 Å². The molecule has 2 saturated heterocycles. The standard InChI is InChI=1S/C23H28ClN7O3S/c1-14-20(25)23(12-34-14)5-7-30(8-6-23)22-26-11-17(28-29-22)35-16-4-3-15-18(19(16)24)21(32)31(13-27-15)9-10-33-2/h3-4,11,13-14,20H,5-10,12,25H2,1-2H3/t14-,20+/m0/s1. The number of anilines is 1. The second-order valence-corrected chi connectivity index (χ2v) is 10.5. The Morgan fingerprint density at radius 2 is 2.09 bits per heavy atom. The van der Waals surface area contributed by atoms with E-state index >= 15 is 0 Å². The van der Waals surface area contributed by atoms with Crippen LogP contribution in [0, 0.1) is 5.41 Å². The largest absolute Gasteiger partial charge is 0.383 e. The SMILES string of the molecule is COCCn1cnc2ccc(Sc3cnc(N4CCC5(CC4)CO[C@@H](C)[C@H]5N)nn3)c(Cl)c2c1=O. The van der Waals surface area contributed by atoms with Crippen molar-refractivity contribution in [1.29, 1.82) is 0 Å². The van der Waals surface area contributed by atoms with E-state index in [0.717, 1.165) is 32.5 Å². The van der Waals surface area contributed by atoms with Crippen molar-refractivity contribution in [2.24, 2.45) is 11.1 Å². The minimum atomic E-state index is -0.205. The van der Waals surface area contributed by atoms with Crippen LogP contribution in [-0.2, 0) is 16.0 Å². The first-order valence-corrected chi connectivity index (χ1v) is 12.8. The molecule has 3 aromatic rings. The van der Waals surface area contributed by atoms with Gasteiger partial charge in [-0.15, -0.1) is 10.2 Å². The van der Waals surface area contributed by atoms with Crippen LogP contribution >= 0.6 is 23.4 Å². The van der Waals surface area contributed by atoms with Crippen LogP contribution in [0.15, 0.2) is 39.4 Å². The Morgan fingerprint density at radius 1 is 1.29 bits per heavy atom. The topological polar surface area (TPSA) is 121 Å².